The Morgan fingerprint density at radius 1 is 1.40 bits per heavy atom. The normalized spacial score (nSPS) is 13.9. The summed E-state index contributed by atoms with van der Waals surface area (Å²) in [5.41, 5.74) is -0.773. The van der Waals surface area contributed by atoms with Crippen molar-refractivity contribution in [2.24, 2.45) is 0 Å². The fourth-order valence-corrected chi connectivity index (χ4v) is 1.43. The molecule has 0 radical (unpaired) electrons. The SMILES string of the molecule is CCC(C)N/C(=C\c1ccc([N+](=O)[O-])cc1)C(F)(F)F. The first kappa shape index (κ1) is 16.0. The molecule has 1 aromatic carbocycles. The molecule has 1 N–H and O–H groups in total. The Labute approximate surface area is 114 Å². The molecule has 0 heterocycles. The molecule has 0 aliphatic carbocycles. The van der Waals surface area contributed by atoms with Gasteiger partial charge in [-0.25, -0.2) is 0 Å². The maximum Gasteiger partial charge on any atom is 0.430 e. The second-order valence-corrected chi connectivity index (χ2v) is 4.36. The second-order valence-electron chi connectivity index (χ2n) is 4.36. The van der Waals surface area contributed by atoms with Crippen LogP contribution in [0.15, 0.2) is 30.0 Å². The Kier molecular flexibility index (Phi) is 5.12. The average Bonchev–Trinajstić information content (AvgIpc) is 2.37. The van der Waals surface area contributed by atoms with Gasteiger partial charge in [-0.1, -0.05) is 6.92 Å². The zero-order valence-corrected chi connectivity index (χ0v) is 11.1. The monoisotopic (exact) mass is 288 g/mol. The third-order valence-corrected chi connectivity index (χ3v) is 2.73. The minimum Gasteiger partial charge on any atom is -0.379 e. The second kappa shape index (κ2) is 6.40. The smallest absolute Gasteiger partial charge is 0.379 e. The summed E-state index contributed by atoms with van der Waals surface area (Å²) in [5.74, 6) is 0. The van der Waals surface area contributed by atoms with Crippen molar-refractivity contribution in [3.63, 3.8) is 0 Å². The van der Waals surface area contributed by atoms with Crippen LogP contribution in [0.4, 0.5) is 18.9 Å². The van der Waals surface area contributed by atoms with Crippen LogP contribution in [0.3, 0.4) is 0 Å². The van der Waals surface area contributed by atoms with E-state index in [0.717, 1.165) is 6.08 Å². The number of hydrogen-bond donors (Lipinski definition) is 1. The Bertz CT molecular complexity index is 495. The summed E-state index contributed by atoms with van der Waals surface area (Å²) in [6.45, 7) is 3.42. The van der Waals surface area contributed by atoms with E-state index in [1.807, 2.05) is 0 Å². The molecule has 0 aliphatic heterocycles. The van der Waals surface area contributed by atoms with Gasteiger partial charge in [0.1, 0.15) is 5.70 Å². The van der Waals surface area contributed by atoms with E-state index in [0.29, 0.717) is 6.42 Å². The van der Waals surface area contributed by atoms with E-state index in [2.05, 4.69) is 5.32 Å². The number of nitro benzene ring substituents is 1. The molecule has 1 atom stereocenters. The van der Waals surface area contributed by atoms with Crippen molar-refractivity contribution in [3.8, 4) is 0 Å². The van der Waals surface area contributed by atoms with Gasteiger partial charge in [0.2, 0.25) is 0 Å². The van der Waals surface area contributed by atoms with Crippen LogP contribution in [0, 0.1) is 10.1 Å². The van der Waals surface area contributed by atoms with Crippen LogP contribution in [0.2, 0.25) is 0 Å². The quantitative estimate of drug-likeness (QED) is 0.660. The lowest BCUT2D eigenvalue weighted by Gasteiger charge is -2.18. The van der Waals surface area contributed by atoms with Crippen molar-refractivity contribution in [1.82, 2.24) is 5.32 Å². The maximum atomic E-state index is 12.9. The van der Waals surface area contributed by atoms with Crippen LogP contribution >= 0.6 is 0 Å². The largest absolute Gasteiger partial charge is 0.430 e. The molecule has 1 rings (SSSR count). The average molecular weight is 288 g/mol. The first-order chi connectivity index (χ1) is 9.24. The van der Waals surface area contributed by atoms with Gasteiger partial charge in [-0.2, -0.15) is 13.2 Å². The molecule has 1 aromatic rings. The van der Waals surface area contributed by atoms with Gasteiger partial charge in [0, 0.05) is 18.2 Å². The minimum atomic E-state index is -4.49. The number of non-ortho nitro benzene ring substituents is 1. The van der Waals surface area contributed by atoms with Gasteiger partial charge in [-0.15, -0.1) is 0 Å². The van der Waals surface area contributed by atoms with E-state index in [9.17, 15) is 23.3 Å². The highest BCUT2D eigenvalue weighted by atomic mass is 19.4. The zero-order chi connectivity index (χ0) is 15.3. The summed E-state index contributed by atoms with van der Waals surface area (Å²) >= 11 is 0. The summed E-state index contributed by atoms with van der Waals surface area (Å²) in [7, 11) is 0. The number of allylic oxidation sites excluding steroid dienone is 1. The van der Waals surface area contributed by atoms with Crippen LogP contribution in [0.25, 0.3) is 6.08 Å². The molecule has 0 aromatic heterocycles. The highest BCUT2D eigenvalue weighted by Crippen LogP contribution is 2.26. The molecular formula is C13H15F3N2O2. The zero-order valence-electron chi connectivity index (χ0n) is 11.1. The predicted octanol–water partition coefficient (Wildman–Crippen LogP) is 3.89. The number of rotatable bonds is 5. The number of nitro groups is 1. The number of nitrogens with one attached hydrogen (secondary N) is 1. The molecule has 0 amide bonds. The van der Waals surface area contributed by atoms with Gasteiger partial charge in [-0.05, 0) is 37.1 Å². The molecule has 7 heteroatoms. The summed E-state index contributed by atoms with van der Waals surface area (Å²) in [5, 5.41) is 12.9. The van der Waals surface area contributed by atoms with Crippen LogP contribution < -0.4 is 5.32 Å². The van der Waals surface area contributed by atoms with Crippen molar-refractivity contribution >= 4 is 11.8 Å². The summed E-state index contributed by atoms with van der Waals surface area (Å²) < 4.78 is 38.6. The standard InChI is InChI=1S/C13H15F3N2O2/c1-3-9(2)17-12(13(14,15)16)8-10-4-6-11(7-5-10)18(19)20/h4-9,17H,3H2,1-2H3/b12-8-. The lowest BCUT2D eigenvalue weighted by atomic mass is 10.1. The van der Waals surface area contributed by atoms with Crippen molar-refractivity contribution in [3.05, 3.63) is 45.6 Å². The number of nitrogens with zero attached hydrogens (tertiary/aromatic N) is 1. The molecule has 0 fully saturated rings. The molecular weight excluding hydrogens is 273 g/mol. The molecule has 0 bridgehead atoms. The van der Waals surface area contributed by atoms with E-state index in [1.54, 1.807) is 13.8 Å². The fraction of sp³-hybridized carbons (Fsp3) is 0.385. The third-order valence-electron chi connectivity index (χ3n) is 2.73. The van der Waals surface area contributed by atoms with Crippen molar-refractivity contribution < 1.29 is 18.1 Å². The predicted molar refractivity (Wildman–Crippen MR) is 70.0 cm³/mol. The molecule has 0 spiro atoms. The van der Waals surface area contributed by atoms with Gasteiger partial charge in [0.15, 0.2) is 0 Å². The Morgan fingerprint density at radius 3 is 2.35 bits per heavy atom. The van der Waals surface area contributed by atoms with Gasteiger partial charge in [-0.3, -0.25) is 10.1 Å². The van der Waals surface area contributed by atoms with Crippen molar-refractivity contribution in [1.29, 1.82) is 0 Å². The van der Waals surface area contributed by atoms with E-state index in [-0.39, 0.29) is 17.3 Å². The highest BCUT2D eigenvalue weighted by Gasteiger charge is 2.34. The van der Waals surface area contributed by atoms with Gasteiger partial charge in [0.05, 0.1) is 4.92 Å². The fourth-order valence-electron chi connectivity index (χ4n) is 1.43. The molecule has 0 saturated heterocycles. The molecule has 20 heavy (non-hydrogen) atoms. The first-order valence-corrected chi connectivity index (χ1v) is 6.04. The van der Waals surface area contributed by atoms with E-state index < -0.39 is 16.8 Å². The van der Waals surface area contributed by atoms with Crippen LogP contribution in [0.1, 0.15) is 25.8 Å². The maximum absolute atomic E-state index is 12.9. The molecule has 1 unspecified atom stereocenters. The van der Waals surface area contributed by atoms with Crippen LogP contribution in [-0.4, -0.2) is 17.1 Å². The number of benzene rings is 1. The lowest BCUT2D eigenvalue weighted by molar-refractivity contribution is -0.384. The van der Waals surface area contributed by atoms with E-state index >= 15 is 0 Å². The van der Waals surface area contributed by atoms with E-state index in [4.69, 9.17) is 0 Å². The number of hydrogen-bond acceptors (Lipinski definition) is 3. The van der Waals surface area contributed by atoms with Crippen molar-refractivity contribution in [2.45, 2.75) is 32.5 Å². The topological polar surface area (TPSA) is 55.2 Å². The Morgan fingerprint density at radius 2 is 1.95 bits per heavy atom. The molecule has 0 saturated carbocycles. The minimum absolute atomic E-state index is 0.161. The van der Waals surface area contributed by atoms with Crippen LogP contribution in [0.5, 0.6) is 0 Å². The highest BCUT2D eigenvalue weighted by molar-refractivity contribution is 5.55. The summed E-state index contributed by atoms with van der Waals surface area (Å²) in [6, 6.07) is 4.58. The summed E-state index contributed by atoms with van der Waals surface area (Å²) in [4.78, 5) is 9.87. The number of alkyl halides is 3. The summed E-state index contributed by atoms with van der Waals surface area (Å²) in [6.07, 6.45) is -3.01. The first-order valence-electron chi connectivity index (χ1n) is 6.04. The van der Waals surface area contributed by atoms with Crippen molar-refractivity contribution in [2.75, 3.05) is 0 Å². The Balaban J connectivity index is 3.03. The van der Waals surface area contributed by atoms with Gasteiger partial charge in [0.25, 0.3) is 5.69 Å². The lowest BCUT2D eigenvalue weighted by Crippen LogP contribution is -2.32. The molecule has 110 valence electrons. The Hall–Kier alpha value is -2.05. The third kappa shape index (κ3) is 4.56. The van der Waals surface area contributed by atoms with Gasteiger partial charge < -0.3 is 5.32 Å². The van der Waals surface area contributed by atoms with E-state index in [1.165, 1.54) is 24.3 Å². The van der Waals surface area contributed by atoms with Crippen LogP contribution in [-0.2, 0) is 0 Å². The molecule has 0 aliphatic rings. The van der Waals surface area contributed by atoms with Gasteiger partial charge >= 0.3 is 6.18 Å². The number of halogens is 3. The molecule has 4 nitrogen and oxygen atoms in total.